The molecule has 108 valence electrons. The zero-order valence-electron chi connectivity index (χ0n) is 11.0. The third-order valence-electron chi connectivity index (χ3n) is 2.63. The number of imidazole rings is 1. The van der Waals surface area contributed by atoms with Crippen molar-refractivity contribution in [2.24, 2.45) is 0 Å². The quantitative estimate of drug-likeness (QED) is 0.858. The Labute approximate surface area is 125 Å². The number of hydrogen-bond acceptors (Lipinski definition) is 4. The Morgan fingerprint density at radius 1 is 1.45 bits per heavy atom. The summed E-state index contributed by atoms with van der Waals surface area (Å²) in [6.45, 7) is 1.89. The van der Waals surface area contributed by atoms with Crippen LogP contribution in [0.2, 0.25) is 0 Å². The summed E-state index contributed by atoms with van der Waals surface area (Å²) in [7, 11) is -2.16. The zero-order valence-corrected chi connectivity index (χ0v) is 13.4. The number of aromatic amines is 1. The number of hydrogen-bond donors (Lipinski definition) is 2. The number of halogens is 1. The van der Waals surface area contributed by atoms with Crippen molar-refractivity contribution < 1.29 is 13.2 Å². The van der Waals surface area contributed by atoms with Gasteiger partial charge in [0.25, 0.3) is 10.0 Å². The largest absolute Gasteiger partial charge is 0.495 e. The van der Waals surface area contributed by atoms with Gasteiger partial charge in [0.1, 0.15) is 11.6 Å². The molecular formula is C12H14BrN3O3S. The fraction of sp³-hybridized carbons (Fsp3) is 0.250. The Kier molecular flexibility index (Phi) is 4.34. The number of rotatable bonds is 5. The van der Waals surface area contributed by atoms with Gasteiger partial charge < -0.3 is 9.72 Å². The van der Waals surface area contributed by atoms with Gasteiger partial charge in [0.15, 0.2) is 5.03 Å². The number of nitrogens with one attached hydrogen (secondary N) is 2. The maximum absolute atomic E-state index is 12.2. The average Bonchev–Trinajstić information content (AvgIpc) is 2.90. The van der Waals surface area contributed by atoms with Crippen LogP contribution in [0.4, 0.5) is 5.69 Å². The van der Waals surface area contributed by atoms with Crippen molar-refractivity contribution in [3.05, 3.63) is 34.7 Å². The molecule has 0 unspecified atom stereocenters. The predicted molar refractivity (Wildman–Crippen MR) is 79.5 cm³/mol. The van der Waals surface area contributed by atoms with E-state index in [0.717, 1.165) is 4.47 Å². The molecule has 0 radical (unpaired) electrons. The van der Waals surface area contributed by atoms with Crippen LogP contribution in [0.1, 0.15) is 12.7 Å². The van der Waals surface area contributed by atoms with E-state index in [2.05, 4.69) is 30.6 Å². The molecule has 0 bridgehead atoms. The highest BCUT2D eigenvalue weighted by Crippen LogP contribution is 2.28. The fourth-order valence-corrected chi connectivity index (χ4v) is 2.99. The Hall–Kier alpha value is -1.54. The van der Waals surface area contributed by atoms with E-state index < -0.39 is 10.0 Å². The van der Waals surface area contributed by atoms with Gasteiger partial charge in [-0.1, -0.05) is 6.92 Å². The number of anilines is 1. The Bertz CT molecular complexity index is 712. The van der Waals surface area contributed by atoms with Gasteiger partial charge in [0.2, 0.25) is 0 Å². The van der Waals surface area contributed by atoms with Gasteiger partial charge in [-0.2, -0.15) is 8.42 Å². The van der Waals surface area contributed by atoms with Gasteiger partial charge in [0, 0.05) is 12.5 Å². The first-order valence-electron chi connectivity index (χ1n) is 5.86. The summed E-state index contributed by atoms with van der Waals surface area (Å²) in [5.41, 5.74) is 0.415. The molecule has 2 N–H and O–H groups in total. The normalized spacial score (nSPS) is 11.3. The van der Waals surface area contributed by atoms with Crippen molar-refractivity contribution in [3.63, 3.8) is 0 Å². The van der Waals surface area contributed by atoms with Gasteiger partial charge in [-0.25, -0.2) is 4.98 Å². The fourth-order valence-electron chi connectivity index (χ4n) is 1.59. The molecule has 1 aromatic carbocycles. The van der Waals surface area contributed by atoms with E-state index in [1.54, 1.807) is 18.2 Å². The third-order valence-corrected chi connectivity index (χ3v) is 4.58. The molecule has 1 aromatic heterocycles. The van der Waals surface area contributed by atoms with E-state index in [1.165, 1.54) is 13.3 Å². The highest BCUT2D eigenvalue weighted by Gasteiger charge is 2.17. The summed E-state index contributed by atoms with van der Waals surface area (Å²) in [6.07, 6.45) is 1.94. The molecule has 0 aliphatic heterocycles. The van der Waals surface area contributed by atoms with Crippen molar-refractivity contribution in [3.8, 4) is 5.75 Å². The maximum Gasteiger partial charge on any atom is 0.278 e. The van der Waals surface area contributed by atoms with E-state index in [0.29, 0.717) is 23.7 Å². The molecule has 0 amide bonds. The molecule has 2 rings (SSSR count). The molecule has 8 heteroatoms. The van der Waals surface area contributed by atoms with E-state index in [4.69, 9.17) is 4.74 Å². The van der Waals surface area contributed by atoms with Crippen LogP contribution in [-0.4, -0.2) is 25.5 Å². The topological polar surface area (TPSA) is 84.1 Å². The second-order valence-electron chi connectivity index (χ2n) is 4.00. The Morgan fingerprint density at radius 2 is 2.20 bits per heavy atom. The molecule has 0 saturated carbocycles. The van der Waals surface area contributed by atoms with Crippen LogP contribution >= 0.6 is 15.9 Å². The number of aromatic nitrogens is 2. The minimum atomic E-state index is -3.68. The molecule has 0 atom stereocenters. The molecule has 0 aliphatic rings. The van der Waals surface area contributed by atoms with E-state index in [1.807, 2.05) is 6.92 Å². The van der Waals surface area contributed by atoms with Gasteiger partial charge in [-0.05, 0) is 28.1 Å². The van der Waals surface area contributed by atoms with E-state index in [9.17, 15) is 8.42 Å². The van der Waals surface area contributed by atoms with Crippen LogP contribution in [0.3, 0.4) is 0 Å². The monoisotopic (exact) mass is 359 g/mol. The first-order chi connectivity index (χ1) is 9.46. The standard InChI is InChI=1S/C12H14BrN3O3S/c1-3-11-14-7-12(15-11)20(17,18)16-8-4-5-9(13)10(6-8)19-2/h4-7,16H,3H2,1-2H3,(H,14,15). The number of benzene rings is 1. The molecule has 0 aliphatic carbocycles. The predicted octanol–water partition coefficient (Wildman–Crippen LogP) is 2.54. The summed E-state index contributed by atoms with van der Waals surface area (Å²) in [5, 5.41) is 0.0382. The molecular weight excluding hydrogens is 346 g/mol. The summed E-state index contributed by atoms with van der Waals surface area (Å²) in [4.78, 5) is 6.74. The lowest BCUT2D eigenvalue weighted by Gasteiger charge is -2.09. The van der Waals surface area contributed by atoms with Crippen molar-refractivity contribution in [2.45, 2.75) is 18.4 Å². The molecule has 0 spiro atoms. The molecule has 6 nitrogen and oxygen atoms in total. The highest BCUT2D eigenvalue weighted by molar-refractivity contribution is 9.10. The van der Waals surface area contributed by atoms with E-state index in [-0.39, 0.29) is 5.03 Å². The summed E-state index contributed by atoms with van der Waals surface area (Å²) < 4.78 is 32.7. The van der Waals surface area contributed by atoms with Crippen LogP contribution in [0.15, 0.2) is 33.9 Å². The zero-order chi connectivity index (χ0) is 14.8. The maximum atomic E-state index is 12.2. The summed E-state index contributed by atoms with van der Waals surface area (Å²) in [5.74, 6) is 1.17. The molecule has 0 saturated heterocycles. The Morgan fingerprint density at radius 3 is 2.80 bits per heavy atom. The first kappa shape index (κ1) is 14.9. The lowest BCUT2D eigenvalue weighted by atomic mass is 10.3. The second-order valence-corrected chi connectivity index (χ2v) is 6.51. The molecule has 0 fully saturated rings. The van der Waals surface area contributed by atoms with E-state index >= 15 is 0 Å². The SMILES string of the molecule is CCc1ncc(S(=O)(=O)Nc2ccc(Br)c(OC)c2)[nH]1. The smallest absolute Gasteiger partial charge is 0.278 e. The number of H-pyrrole nitrogens is 1. The minimum absolute atomic E-state index is 0.0382. The summed E-state index contributed by atoms with van der Waals surface area (Å²) >= 11 is 3.31. The van der Waals surface area contributed by atoms with Crippen LogP contribution in [0.25, 0.3) is 0 Å². The van der Waals surface area contributed by atoms with Crippen molar-refractivity contribution in [1.82, 2.24) is 9.97 Å². The Balaban J connectivity index is 2.28. The first-order valence-corrected chi connectivity index (χ1v) is 8.14. The van der Waals surface area contributed by atoms with Crippen LogP contribution in [-0.2, 0) is 16.4 Å². The molecule has 20 heavy (non-hydrogen) atoms. The van der Waals surface area contributed by atoms with Gasteiger partial charge in [0.05, 0.1) is 23.5 Å². The number of aryl methyl sites for hydroxylation is 1. The lowest BCUT2D eigenvalue weighted by Crippen LogP contribution is -2.13. The molecule has 2 aromatic rings. The van der Waals surface area contributed by atoms with Gasteiger partial charge in [-0.3, -0.25) is 4.72 Å². The molecule has 1 heterocycles. The number of sulfonamides is 1. The third kappa shape index (κ3) is 3.13. The van der Waals surface area contributed by atoms with Gasteiger partial charge >= 0.3 is 0 Å². The average molecular weight is 360 g/mol. The van der Waals surface area contributed by atoms with Crippen LogP contribution < -0.4 is 9.46 Å². The van der Waals surface area contributed by atoms with Crippen LogP contribution in [0, 0.1) is 0 Å². The summed E-state index contributed by atoms with van der Waals surface area (Å²) in [6, 6.07) is 4.95. The van der Waals surface area contributed by atoms with Crippen LogP contribution in [0.5, 0.6) is 5.75 Å². The lowest BCUT2D eigenvalue weighted by molar-refractivity contribution is 0.412. The number of ether oxygens (including phenoxy) is 1. The van der Waals surface area contributed by atoms with Crippen molar-refractivity contribution in [2.75, 3.05) is 11.8 Å². The van der Waals surface area contributed by atoms with Gasteiger partial charge in [-0.15, -0.1) is 0 Å². The number of methoxy groups -OCH3 is 1. The minimum Gasteiger partial charge on any atom is -0.495 e. The number of nitrogens with zero attached hydrogens (tertiary/aromatic N) is 1. The second kappa shape index (κ2) is 5.84. The van der Waals surface area contributed by atoms with Crippen molar-refractivity contribution >= 4 is 31.6 Å². The highest BCUT2D eigenvalue weighted by atomic mass is 79.9. The van der Waals surface area contributed by atoms with Crippen molar-refractivity contribution in [1.29, 1.82) is 0 Å².